The maximum atomic E-state index is 11.8. The maximum absolute atomic E-state index is 11.8. The van der Waals surface area contributed by atoms with E-state index in [1.165, 1.54) is 64.5 Å². The monoisotopic (exact) mass is 267 g/mol. The fraction of sp³-hybridized carbons (Fsp3) is 0.933. The molecule has 110 valence electrons. The molecule has 1 saturated heterocycles. The molecule has 0 atom stereocenters. The summed E-state index contributed by atoms with van der Waals surface area (Å²) < 4.78 is 0. The zero-order valence-corrected chi connectivity index (χ0v) is 12.1. The van der Waals surface area contributed by atoms with E-state index in [9.17, 15) is 4.79 Å². The number of hydrogen-bond donors (Lipinski definition) is 2. The average molecular weight is 267 g/mol. The molecule has 0 bridgehead atoms. The highest BCUT2D eigenvalue weighted by atomic mass is 16.1. The van der Waals surface area contributed by atoms with Crippen molar-refractivity contribution in [1.82, 2.24) is 15.5 Å². The molecule has 0 aromatic rings. The van der Waals surface area contributed by atoms with Crippen LogP contribution >= 0.6 is 0 Å². The second-order valence-corrected chi connectivity index (χ2v) is 5.98. The van der Waals surface area contributed by atoms with E-state index in [2.05, 4.69) is 15.5 Å². The lowest BCUT2D eigenvalue weighted by atomic mass is 10.1. The number of hydrogen-bond acceptors (Lipinski definition) is 3. The van der Waals surface area contributed by atoms with Crippen LogP contribution in [0, 0.1) is 0 Å². The van der Waals surface area contributed by atoms with Gasteiger partial charge in [-0.25, -0.2) is 0 Å². The minimum atomic E-state index is 0.174. The van der Waals surface area contributed by atoms with Gasteiger partial charge in [0.25, 0.3) is 0 Å². The molecule has 1 amide bonds. The molecule has 4 heteroatoms. The lowest BCUT2D eigenvalue weighted by Crippen LogP contribution is -2.41. The Kier molecular flexibility index (Phi) is 6.65. The van der Waals surface area contributed by atoms with Crippen molar-refractivity contribution >= 4 is 5.91 Å². The molecule has 0 aromatic carbocycles. The molecule has 0 unspecified atom stereocenters. The molecule has 2 aliphatic rings. The molecule has 4 nitrogen and oxygen atoms in total. The highest BCUT2D eigenvalue weighted by Gasteiger charge is 2.14. The van der Waals surface area contributed by atoms with Crippen molar-refractivity contribution < 1.29 is 4.79 Å². The van der Waals surface area contributed by atoms with Crippen LogP contribution in [0.25, 0.3) is 0 Å². The fourth-order valence-corrected chi connectivity index (χ4v) is 3.15. The summed E-state index contributed by atoms with van der Waals surface area (Å²) in [6.45, 7) is 4.95. The van der Waals surface area contributed by atoms with Gasteiger partial charge < -0.3 is 15.5 Å². The van der Waals surface area contributed by atoms with Gasteiger partial charge in [-0.2, -0.15) is 0 Å². The van der Waals surface area contributed by atoms with E-state index in [0.29, 0.717) is 12.6 Å². The Morgan fingerprint density at radius 3 is 2.37 bits per heavy atom. The first kappa shape index (κ1) is 14.8. The minimum absolute atomic E-state index is 0.174. The van der Waals surface area contributed by atoms with Gasteiger partial charge in [-0.15, -0.1) is 0 Å². The predicted molar refractivity (Wildman–Crippen MR) is 78.2 cm³/mol. The van der Waals surface area contributed by atoms with Crippen molar-refractivity contribution in [2.45, 2.75) is 57.4 Å². The Balaban J connectivity index is 1.51. The predicted octanol–water partition coefficient (Wildman–Crippen LogP) is 1.51. The molecule has 0 spiro atoms. The van der Waals surface area contributed by atoms with Gasteiger partial charge in [0, 0.05) is 19.1 Å². The first-order chi connectivity index (χ1) is 9.34. The molecule has 0 aromatic heterocycles. The minimum Gasteiger partial charge on any atom is -0.352 e. The summed E-state index contributed by atoms with van der Waals surface area (Å²) in [5.74, 6) is 0.174. The largest absolute Gasteiger partial charge is 0.352 e. The number of carbonyl (C=O) groups excluding carboxylic acids is 1. The molecule has 2 fully saturated rings. The van der Waals surface area contributed by atoms with E-state index in [0.717, 1.165) is 13.1 Å². The third-order valence-corrected chi connectivity index (χ3v) is 4.31. The Hall–Kier alpha value is -0.610. The molecular formula is C15H29N3O. The Labute approximate surface area is 117 Å². The SMILES string of the molecule is O=C(CNCCN1CCCC1)NC1CCCCCC1. The molecule has 1 heterocycles. The van der Waals surface area contributed by atoms with Crippen molar-refractivity contribution in [2.75, 3.05) is 32.7 Å². The zero-order chi connectivity index (χ0) is 13.3. The number of nitrogens with zero attached hydrogens (tertiary/aromatic N) is 1. The van der Waals surface area contributed by atoms with Crippen LogP contribution in [-0.2, 0) is 4.79 Å². The third kappa shape index (κ3) is 5.91. The van der Waals surface area contributed by atoms with E-state index in [4.69, 9.17) is 0 Å². The van der Waals surface area contributed by atoms with Crippen LogP contribution in [0.5, 0.6) is 0 Å². The molecule has 19 heavy (non-hydrogen) atoms. The summed E-state index contributed by atoms with van der Waals surface area (Å²) in [7, 11) is 0. The van der Waals surface area contributed by atoms with Crippen LogP contribution < -0.4 is 10.6 Å². The standard InChI is InChI=1S/C15H29N3O/c19-15(17-14-7-3-1-2-4-8-14)13-16-9-12-18-10-5-6-11-18/h14,16H,1-13H2,(H,17,19). The molecule has 1 aliphatic carbocycles. The van der Waals surface area contributed by atoms with Crippen molar-refractivity contribution in [3.8, 4) is 0 Å². The Morgan fingerprint density at radius 1 is 1.00 bits per heavy atom. The highest BCUT2D eigenvalue weighted by Crippen LogP contribution is 2.16. The number of likely N-dealkylation sites (tertiary alicyclic amines) is 1. The van der Waals surface area contributed by atoms with Gasteiger partial charge >= 0.3 is 0 Å². The van der Waals surface area contributed by atoms with Crippen molar-refractivity contribution in [3.63, 3.8) is 0 Å². The molecule has 2 N–H and O–H groups in total. The van der Waals surface area contributed by atoms with Gasteiger partial charge in [0.05, 0.1) is 6.54 Å². The average Bonchev–Trinajstić information content (AvgIpc) is 2.79. The van der Waals surface area contributed by atoms with Crippen molar-refractivity contribution in [3.05, 3.63) is 0 Å². The number of carbonyl (C=O) groups is 1. The van der Waals surface area contributed by atoms with Gasteiger partial charge in [-0.1, -0.05) is 25.7 Å². The van der Waals surface area contributed by atoms with Gasteiger partial charge in [-0.05, 0) is 38.8 Å². The summed E-state index contributed by atoms with van der Waals surface area (Å²) in [5, 5.41) is 6.44. The van der Waals surface area contributed by atoms with Crippen LogP contribution in [0.2, 0.25) is 0 Å². The number of rotatable bonds is 6. The quantitative estimate of drug-likeness (QED) is 0.566. The fourth-order valence-electron chi connectivity index (χ4n) is 3.15. The first-order valence-electron chi connectivity index (χ1n) is 8.07. The van der Waals surface area contributed by atoms with E-state index in [-0.39, 0.29) is 5.91 Å². The second kappa shape index (κ2) is 8.54. The topological polar surface area (TPSA) is 44.4 Å². The smallest absolute Gasteiger partial charge is 0.234 e. The third-order valence-electron chi connectivity index (χ3n) is 4.31. The molecular weight excluding hydrogens is 238 g/mol. The maximum Gasteiger partial charge on any atom is 0.234 e. The van der Waals surface area contributed by atoms with E-state index < -0.39 is 0 Å². The summed E-state index contributed by atoms with van der Waals surface area (Å²) in [6, 6.07) is 0.426. The van der Waals surface area contributed by atoms with Gasteiger partial charge in [0.2, 0.25) is 5.91 Å². The summed E-state index contributed by atoms with van der Waals surface area (Å²) in [4.78, 5) is 14.3. The Bertz CT molecular complexity index is 256. The number of nitrogens with one attached hydrogen (secondary N) is 2. The van der Waals surface area contributed by atoms with Crippen LogP contribution in [0.4, 0.5) is 0 Å². The van der Waals surface area contributed by atoms with E-state index in [1.54, 1.807) is 0 Å². The van der Waals surface area contributed by atoms with Crippen LogP contribution in [0.1, 0.15) is 51.4 Å². The Morgan fingerprint density at radius 2 is 1.68 bits per heavy atom. The summed E-state index contributed by atoms with van der Waals surface area (Å²) in [5.41, 5.74) is 0. The molecule has 2 rings (SSSR count). The lowest BCUT2D eigenvalue weighted by molar-refractivity contribution is -0.121. The molecule has 0 radical (unpaired) electrons. The second-order valence-electron chi connectivity index (χ2n) is 5.98. The summed E-state index contributed by atoms with van der Waals surface area (Å²) in [6.07, 6.45) is 10.2. The van der Waals surface area contributed by atoms with Gasteiger partial charge in [0.15, 0.2) is 0 Å². The van der Waals surface area contributed by atoms with E-state index >= 15 is 0 Å². The van der Waals surface area contributed by atoms with Crippen LogP contribution in [0.3, 0.4) is 0 Å². The lowest BCUT2D eigenvalue weighted by Gasteiger charge is -2.17. The van der Waals surface area contributed by atoms with Crippen molar-refractivity contribution in [1.29, 1.82) is 0 Å². The zero-order valence-electron chi connectivity index (χ0n) is 12.1. The first-order valence-corrected chi connectivity index (χ1v) is 8.07. The van der Waals surface area contributed by atoms with E-state index in [1.807, 2.05) is 0 Å². The van der Waals surface area contributed by atoms with Gasteiger partial charge in [0.1, 0.15) is 0 Å². The van der Waals surface area contributed by atoms with Crippen molar-refractivity contribution in [2.24, 2.45) is 0 Å². The van der Waals surface area contributed by atoms with Crippen LogP contribution in [-0.4, -0.2) is 49.6 Å². The molecule has 1 aliphatic heterocycles. The molecule has 1 saturated carbocycles. The summed E-state index contributed by atoms with van der Waals surface area (Å²) >= 11 is 0. The number of amides is 1. The highest BCUT2D eigenvalue weighted by molar-refractivity contribution is 5.78. The van der Waals surface area contributed by atoms with Crippen LogP contribution in [0.15, 0.2) is 0 Å². The normalized spacial score (nSPS) is 22.3. The van der Waals surface area contributed by atoms with Gasteiger partial charge in [-0.3, -0.25) is 4.79 Å².